The third-order valence-corrected chi connectivity index (χ3v) is 6.72. The zero-order chi connectivity index (χ0) is 24.1. The smallest absolute Gasteiger partial charge is 0.338 e. The summed E-state index contributed by atoms with van der Waals surface area (Å²) in [4.78, 5) is 36.2. The van der Waals surface area contributed by atoms with Crippen molar-refractivity contribution in [3.8, 4) is 0 Å². The van der Waals surface area contributed by atoms with Crippen molar-refractivity contribution in [1.29, 1.82) is 0 Å². The van der Waals surface area contributed by atoms with Crippen molar-refractivity contribution in [2.75, 3.05) is 19.0 Å². The van der Waals surface area contributed by atoms with Gasteiger partial charge in [0.15, 0.2) is 6.61 Å². The van der Waals surface area contributed by atoms with Gasteiger partial charge in [-0.2, -0.15) is 4.31 Å². The average molecular weight is 462 g/mol. The van der Waals surface area contributed by atoms with E-state index in [1.165, 1.54) is 35.6 Å². The lowest BCUT2D eigenvalue weighted by Crippen LogP contribution is -2.37. The van der Waals surface area contributed by atoms with Crippen molar-refractivity contribution >= 4 is 33.6 Å². The SMILES string of the molecule is Cc1ccc(NC(=O)NC(=O)COC(=O)c2cccc(S(=O)(=O)N(C)C(C)C)c2)c(C)c1. The van der Waals surface area contributed by atoms with Crippen molar-refractivity contribution in [2.45, 2.75) is 38.6 Å². The lowest BCUT2D eigenvalue weighted by molar-refractivity contribution is -0.123. The van der Waals surface area contributed by atoms with Gasteiger partial charge in [0.05, 0.1) is 10.5 Å². The average Bonchev–Trinajstić information content (AvgIpc) is 2.73. The van der Waals surface area contributed by atoms with Crippen LogP contribution in [0.15, 0.2) is 47.4 Å². The first-order valence-electron chi connectivity index (χ1n) is 9.85. The Hall–Kier alpha value is -3.24. The summed E-state index contributed by atoms with van der Waals surface area (Å²) in [7, 11) is -2.34. The van der Waals surface area contributed by atoms with Crippen LogP contribution in [-0.4, -0.2) is 50.3 Å². The van der Waals surface area contributed by atoms with Gasteiger partial charge in [-0.3, -0.25) is 10.1 Å². The number of urea groups is 1. The number of rotatable bonds is 7. The summed E-state index contributed by atoms with van der Waals surface area (Å²) in [6.07, 6.45) is 0. The summed E-state index contributed by atoms with van der Waals surface area (Å²) < 4.78 is 31.3. The Labute approximate surface area is 187 Å². The lowest BCUT2D eigenvalue weighted by Gasteiger charge is -2.21. The van der Waals surface area contributed by atoms with E-state index in [0.717, 1.165) is 11.1 Å². The maximum atomic E-state index is 12.6. The van der Waals surface area contributed by atoms with Gasteiger partial charge < -0.3 is 10.1 Å². The molecule has 2 rings (SSSR count). The molecule has 0 aliphatic rings. The number of anilines is 1. The highest BCUT2D eigenvalue weighted by Gasteiger charge is 2.24. The first-order chi connectivity index (χ1) is 14.9. The van der Waals surface area contributed by atoms with E-state index in [0.29, 0.717) is 5.69 Å². The van der Waals surface area contributed by atoms with Crippen LogP contribution in [0.4, 0.5) is 10.5 Å². The number of sulfonamides is 1. The van der Waals surface area contributed by atoms with Gasteiger partial charge in [0, 0.05) is 18.8 Å². The topological polar surface area (TPSA) is 122 Å². The first kappa shape index (κ1) is 25.0. The molecule has 0 atom stereocenters. The molecular weight excluding hydrogens is 434 g/mol. The number of nitrogens with one attached hydrogen (secondary N) is 2. The summed E-state index contributed by atoms with van der Waals surface area (Å²) in [5.41, 5.74) is 2.37. The van der Waals surface area contributed by atoms with E-state index in [4.69, 9.17) is 4.74 Å². The molecule has 3 amide bonds. The van der Waals surface area contributed by atoms with Gasteiger partial charge in [-0.05, 0) is 57.5 Å². The predicted molar refractivity (Wildman–Crippen MR) is 120 cm³/mol. The number of carbonyl (C=O) groups is 3. The molecule has 2 N–H and O–H groups in total. The second-order valence-electron chi connectivity index (χ2n) is 7.54. The molecule has 0 spiro atoms. The largest absolute Gasteiger partial charge is 0.452 e. The molecule has 0 heterocycles. The van der Waals surface area contributed by atoms with E-state index < -0.39 is 34.5 Å². The maximum Gasteiger partial charge on any atom is 0.338 e. The predicted octanol–water partition coefficient (Wildman–Crippen LogP) is 2.84. The Morgan fingerprint density at radius 2 is 1.75 bits per heavy atom. The van der Waals surface area contributed by atoms with Gasteiger partial charge >= 0.3 is 12.0 Å². The van der Waals surface area contributed by atoms with Gasteiger partial charge in [0.1, 0.15) is 0 Å². The van der Waals surface area contributed by atoms with Crippen LogP contribution in [0.5, 0.6) is 0 Å². The fraction of sp³-hybridized carbons (Fsp3) is 0.318. The zero-order valence-corrected chi connectivity index (χ0v) is 19.4. The molecule has 0 saturated heterocycles. The van der Waals surface area contributed by atoms with Crippen LogP contribution < -0.4 is 10.6 Å². The highest BCUT2D eigenvalue weighted by Crippen LogP contribution is 2.18. The molecule has 2 aromatic carbocycles. The quantitative estimate of drug-likeness (QED) is 0.612. The third-order valence-electron chi connectivity index (χ3n) is 4.69. The Balaban J connectivity index is 1.96. The molecule has 0 saturated carbocycles. The minimum absolute atomic E-state index is 0.0317. The second kappa shape index (κ2) is 10.4. The van der Waals surface area contributed by atoms with Crippen LogP contribution in [0.25, 0.3) is 0 Å². The molecule has 0 unspecified atom stereocenters. The van der Waals surface area contributed by atoms with Crippen LogP contribution in [0, 0.1) is 13.8 Å². The normalized spacial score (nSPS) is 11.3. The van der Waals surface area contributed by atoms with E-state index >= 15 is 0 Å². The van der Waals surface area contributed by atoms with Crippen molar-refractivity contribution in [3.63, 3.8) is 0 Å². The molecule has 10 heteroatoms. The number of carbonyl (C=O) groups excluding carboxylic acids is 3. The van der Waals surface area contributed by atoms with Crippen LogP contribution >= 0.6 is 0 Å². The molecule has 0 radical (unpaired) electrons. The minimum atomic E-state index is -3.78. The van der Waals surface area contributed by atoms with Crippen molar-refractivity contribution in [2.24, 2.45) is 0 Å². The summed E-state index contributed by atoms with van der Waals surface area (Å²) in [5.74, 6) is -1.72. The summed E-state index contributed by atoms with van der Waals surface area (Å²) >= 11 is 0. The van der Waals surface area contributed by atoms with Gasteiger partial charge in [-0.1, -0.05) is 23.8 Å². The van der Waals surface area contributed by atoms with Crippen molar-refractivity contribution in [3.05, 3.63) is 59.2 Å². The number of amides is 3. The number of nitrogens with zero attached hydrogens (tertiary/aromatic N) is 1. The van der Waals surface area contributed by atoms with Crippen LogP contribution in [0.1, 0.15) is 35.3 Å². The molecule has 172 valence electrons. The van der Waals surface area contributed by atoms with Crippen LogP contribution in [-0.2, 0) is 19.6 Å². The Morgan fingerprint density at radius 3 is 2.38 bits per heavy atom. The number of hydrogen-bond donors (Lipinski definition) is 2. The van der Waals surface area contributed by atoms with Gasteiger partial charge in [-0.25, -0.2) is 18.0 Å². The molecule has 0 fully saturated rings. The summed E-state index contributed by atoms with van der Waals surface area (Å²) in [5, 5.41) is 4.62. The molecule has 2 aromatic rings. The monoisotopic (exact) mass is 461 g/mol. The number of benzene rings is 2. The van der Waals surface area contributed by atoms with Gasteiger partial charge in [-0.15, -0.1) is 0 Å². The highest BCUT2D eigenvalue weighted by molar-refractivity contribution is 7.89. The maximum absolute atomic E-state index is 12.6. The lowest BCUT2D eigenvalue weighted by atomic mass is 10.1. The molecule has 0 aromatic heterocycles. The standard InChI is InChI=1S/C22H27N3O6S/c1-14(2)25(5)32(29,30)18-8-6-7-17(12-18)21(27)31-13-20(26)24-22(28)23-19-10-9-15(3)11-16(19)4/h6-12,14H,13H2,1-5H3,(H2,23,24,26,28). The van der Waals surface area contributed by atoms with Crippen LogP contribution in [0.3, 0.4) is 0 Å². The van der Waals surface area contributed by atoms with E-state index in [1.807, 2.05) is 26.0 Å². The molecule has 32 heavy (non-hydrogen) atoms. The summed E-state index contributed by atoms with van der Waals surface area (Å²) in [6, 6.07) is 9.72. The van der Waals surface area contributed by atoms with Crippen molar-refractivity contribution < 1.29 is 27.5 Å². The third kappa shape index (κ3) is 6.38. The van der Waals surface area contributed by atoms with Gasteiger partial charge in [0.25, 0.3) is 5.91 Å². The molecule has 0 aliphatic carbocycles. The number of ether oxygens (including phenoxy) is 1. The first-order valence-corrected chi connectivity index (χ1v) is 11.3. The van der Waals surface area contributed by atoms with E-state index in [-0.39, 0.29) is 16.5 Å². The van der Waals surface area contributed by atoms with Crippen molar-refractivity contribution in [1.82, 2.24) is 9.62 Å². The highest BCUT2D eigenvalue weighted by atomic mass is 32.2. The fourth-order valence-electron chi connectivity index (χ4n) is 2.71. The Morgan fingerprint density at radius 1 is 1.06 bits per heavy atom. The molecular formula is C22H27N3O6S. The summed E-state index contributed by atoms with van der Waals surface area (Å²) in [6.45, 7) is 6.49. The number of hydrogen-bond acceptors (Lipinski definition) is 6. The number of aryl methyl sites for hydroxylation is 2. The number of imide groups is 1. The molecule has 0 aliphatic heterocycles. The van der Waals surface area contributed by atoms with E-state index in [9.17, 15) is 22.8 Å². The van der Waals surface area contributed by atoms with Gasteiger partial charge in [0.2, 0.25) is 10.0 Å². The van der Waals surface area contributed by atoms with E-state index in [1.54, 1.807) is 19.9 Å². The Kier molecular flexibility index (Phi) is 8.12. The zero-order valence-electron chi connectivity index (χ0n) is 18.6. The van der Waals surface area contributed by atoms with Crippen LogP contribution in [0.2, 0.25) is 0 Å². The minimum Gasteiger partial charge on any atom is -0.452 e. The molecule has 0 bridgehead atoms. The van der Waals surface area contributed by atoms with E-state index in [2.05, 4.69) is 10.6 Å². The number of esters is 1. The molecule has 9 nitrogen and oxygen atoms in total. The fourth-order valence-corrected chi connectivity index (χ4v) is 4.13. The Bertz CT molecular complexity index is 1130. The second-order valence-corrected chi connectivity index (χ2v) is 9.54.